The Bertz CT molecular complexity index is 196. The van der Waals surface area contributed by atoms with Crippen molar-refractivity contribution in [3.8, 4) is 0 Å². The van der Waals surface area contributed by atoms with Crippen molar-refractivity contribution in [2.24, 2.45) is 0 Å². The van der Waals surface area contributed by atoms with Crippen LogP contribution < -0.4 is 5.32 Å². The molecule has 1 aromatic heterocycles. The summed E-state index contributed by atoms with van der Waals surface area (Å²) in [6.07, 6.45) is 0. The fraction of sp³-hybridized carbons (Fsp3) is 0.286. The third-order valence-corrected chi connectivity index (χ3v) is 1.07. The van der Waals surface area contributed by atoms with Crippen LogP contribution in [0.4, 0.5) is 5.82 Å². The predicted octanol–water partition coefficient (Wildman–Crippen LogP) is 1.23. The van der Waals surface area contributed by atoms with Gasteiger partial charge in [0.05, 0.1) is 0 Å². The zero-order chi connectivity index (χ0) is 6.69. The van der Waals surface area contributed by atoms with Crippen molar-refractivity contribution in [1.82, 2.24) is 4.98 Å². The number of hydrogen-bond acceptors (Lipinski definition) is 2. The second-order valence-electron chi connectivity index (χ2n) is 1.83. The molecule has 0 bridgehead atoms. The van der Waals surface area contributed by atoms with Crippen molar-refractivity contribution in [3.63, 3.8) is 0 Å². The summed E-state index contributed by atoms with van der Waals surface area (Å²) in [6.45, 7) is 1.95. The molecule has 0 unspecified atom stereocenters. The van der Waals surface area contributed by atoms with E-state index in [-0.39, 0.29) is 0 Å². The third kappa shape index (κ3) is 1.42. The Morgan fingerprint density at radius 1 is 1.67 bits per heavy atom. The van der Waals surface area contributed by atoms with Gasteiger partial charge in [-0.3, -0.25) is 0 Å². The summed E-state index contributed by atoms with van der Waals surface area (Å²) in [4.78, 5) is 4.12. The molecule has 0 aliphatic heterocycles. The van der Waals surface area contributed by atoms with Crippen molar-refractivity contribution in [2.45, 2.75) is 6.92 Å². The average molecular weight is 121 g/mol. The van der Waals surface area contributed by atoms with E-state index in [1.54, 1.807) is 0 Å². The molecule has 9 heavy (non-hydrogen) atoms. The van der Waals surface area contributed by atoms with Crippen molar-refractivity contribution >= 4 is 5.82 Å². The van der Waals surface area contributed by atoms with E-state index in [9.17, 15) is 0 Å². The molecule has 0 saturated heterocycles. The number of anilines is 1. The molecule has 2 heteroatoms. The Balaban J connectivity index is 2.94. The van der Waals surface area contributed by atoms with Crippen LogP contribution in [0, 0.1) is 13.0 Å². The summed E-state index contributed by atoms with van der Waals surface area (Å²) in [7, 11) is 1.83. The van der Waals surface area contributed by atoms with Crippen LogP contribution >= 0.6 is 0 Å². The smallest absolute Gasteiger partial charge is 0.134 e. The molecule has 1 heterocycles. The fourth-order valence-corrected chi connectivity index (χ4v) is 0.615. The highest BCUT2D eigenvalue weighted by molar-refractivity contribution is 5.32. The van der Waals surface area contributed by atoms with Gasteiger partial charge in [-0.2, -0.15) is 0 Å². The van der Waals surface area contributed by atoms with E-state index in [1.165, 1.54) is 0 Å². The molecule has 1 N–H and O–H groups in total. The largest absolute Gasteiger partial charge is 0.373 e. The van der Waals surface area contributed by atoms with Gasteiger partial charge >= 0.3 is 0 Å². The highest BCUT2D eigenvalue weighted by Gasteiger charge is 1.87. The molecule has 0 aliphatic rings. The molecule has 1 rings (SSSR count). The average Bonchev–Trinajstić information content (AvgIpc) is 1.88. The zero-order valence-electron chi connectivity index (χ0n) is 5.60. The summed E-state index contributed by atoms with van der Waals surface area (Å²) in [5, 5.41) is 2.90. The lowest BCUT2D eigenvalue weighted by atomic mass is 10.4. The van der Waals surface area contributed by atoms with Crippen molar-refractivity contribution < 1.29 is 0 Å². The Kier molecular flexibility index (Phi) is 1.68. The van der Waals surface area contributed by atoms with Crippen LogP contribution in [-0.2, 0) is 0 Å². The van der Waals surface area contributed by atoms with Gasteiger partial charge in [0.15, 0.2) is 0 Å². The van der Waals surface area contributed by atoms with Crippen LogP contribution in [0.25, 0.3) is 0 Å². The lowest BCUT2D eigenvalue weighted by Gasteiger charge is -1.96. The minimum absolute atomic E-state index is 0.801. The van der Waals surface area contributed by atoms with Gasteiger partial charge in [0.2, 0.25) is 0 Å². The van der Waals surface area contributed by atoms with Gasteiger partial charge in [0.25, 0.3) is 0 Å². The Morgan fingerprint density at radius 3 is 2.89 bits per heavy atom. The Labute approximate surface area is 54.9 Å². The summed E-state index contributed by atoms with van der Waals surface area (Å²) >= 11 is 0. The van der Waals surface area contributed by atoms with Gasteiger partial charge in [0.1, 0.15) is 5.82 Å². The number of pyridine rings is 1. The van der Waals surface area contributed by atoms with Gasteiger partial charge in [-0.25, -0.2) is 4.98 Å². The molecule has 0 saturated carbocycles. The Morgan fingerprint density at radius 2 is 2.44 bits per heavy atom. The summed E-state index contributed by atoms with van der Waals surface area (Å²) < 4.78 is 0. The van der Waals surface area contributed by atoms with Crippen molar-refractivity contribution in [1.29, 1.82) is 0 Å². The van der Waals surface area contributed by atoms with E-state index in [2.05, 4.69) is 16.4 Å². The second kappa shape index (κ2) is 2.49. The van der Waals surface area contributed by atoms with E-state index < -0.39 is 0 Å². The van der Waals surface area contributed by atoms with Crippen molar-refractivity contribution in [3.05, 3.63) is 23.9 Å². The van der Waals surface area contributed by atoms with Gasteiger partial charge < -0.3 is 5.32 Å². The SMILES string of the molecule is CNc1[c]ccc(C)n1. The highest BCUT2D eigenvalue weighted by atomic mass is 15.0. The number of rotatable bonds is 1. The predicted molar refractivity (Wildman–Crippen MR) is 37.4 cm³/mol. The molecule has 0 amide bonds. The van der Waals surface area contributed by atoms with E-state index >= 15 is 0 Å². The normalized spacial score (nSPS) is 9.11. The summed E-state index contributed by atoms with van der Waals surface area (Å²) in [5.74, 6) is 0.801. The molecule has 0 fully saturated rings. The summed E-state index contributed by atoms with van der Waals surface area (Å²) in [5.41, 5.74) is 1.01. The van der Waals surface area contributed by atoms with Crippen LogP contribution in [0.3, 0.4) is 0 Å². The maximum Gasteiger partial charge on any atom is 0.134 e. The standard InChI is InChI=1S/C7H9N2/c1-6-4-3-5-7(8-2)9-6/h3-4H,1-2H3,(H,8,9). The molecule has 0 aromatic carbocycles. The molecule has 1 radical (unpaired) electrons. The van der Waals surface area contributed by atoms with Crippen LogP contribution in [0.2, 0.25) is 0 Å². The first-order valence-corrected chi connectivity index (χ1v) is 2.86. The molecular formula is C7H9N2. The number of nitrogens with zero attached hydrogens (tertiary/aromatic N) is 1. The van der Waals surface area contributed by atoms with Crippen molar-refractivity contribution in [2.75, 3.05) is 12.4 Å². The second-order valence-corrected chi connectivity index (χ2v) is 1.83. The fourth-order valence-electron chi connectivity index (χ4n) is 0.615. The lowest BCUT2D eigenvalue weighted by Crippen LogP contribution is -1.92. The third-order valence-electron chi connectivity index (χ3n) is 1.07. The van der Waals surface area contributed by atoms with E-state index in [0.717, 1.165) is 11.5 Å². The van der Waals surface area contributed by atoms with E-state index in [4.69, 9.17) is 0 Å². The van der Waals surface area contributed by atoms with Crippen LogP contribution in [0.15, 0.2) is 12.1 Å². The molecule has 1 aromatic rings. The van der Waals surface area contributed by atoms with Gasteiger partial charge in [0, 0.05) is 18.8 Å². The molecule has 0 spiro atoms. The quantitative estimate of drug-likeness (QED) is 0.604. The maximum absolute atomic E-state index is 4.12. The zero-order valence-corrected chi connectivity index (χ0v) is 5.60. The van der Waals surface area contributed by atoms with Crippen LogP contribution in [-0.4, -0.2) is 12.0 Å². The first-order chi connectivity index (χ1) is 4.33. The number of aryl methyl sites for hydroxylation is 1. The number of nitrogens with one attached hydrogen (secondary N) is 1. The first kappa shape index (κ1) is 6.08. The van der Waals surface area contributed by atoms with Gasteiger partial charge in [-0.15, -0.1) is 0 Å². The molecule has 0 atom stereocenters. The summed E-state index contributed by atoms with van der Waals surface area (Å²) in [6, 6.07) is 6.71. The van der Waals surface area contributed by atoms with Crippen LogP contribution in [0.5, 0.6) is 0 Å². The van der Waals surface area contributed by atoms with E-state index in [0.29, 0.717) is 0 Å². The lowest BCUT2D eigenvalue weighted by molar-refractivity contribution is 1.18. The maximum atomic E-state index is 4.12. The monoisotopic (exact) mass is 121 g/mol. The molecule has 2 nitrogen and oxygen atoms in total. The molecule has 47 valence electrons. The number of aromatic nitrogens is 1. The minimum atomic E-state index is 0.801. The molecular weight excluding hydrogens is 112 g/mol. The number of hydrogen-bond donors (Lipinski definition) is 1. The minimum Gasteiger partial charge on any atom is -0.373 e. The molecule has 0 aliphatic carbocycles. The Hall–Kier alpha value is -1.05. The highest BCUT2D eigenvalue weighted by Crippen LogP contribution is 1.99. The van der Waals surface area contributed by atoms with Gasteiger partial charge in [-0.05, 0) is 19.1 Å². The van der Waals surface area contributed by atoms with Crippen LogP contribution in [0.1, 0.15) is 5.69 Å². The first-order valence-electron chi connectivity index (χ1n) is 2.86. The van der Waals surface area contributed by atoms with E-state index in [1.807, 2.05) is 26.1 Å². The topological polar surface area (TPSA) is 24.9 Å². The van der Waals surface area contributed by atoms with Gasteiger partial charge in [-0.1, -0.05) is 0 Å².